The highest BCUT2D eigenvalue weighted by atomic mass is 16.5. The molecule has 1 saturated carbocycles. The number of rotatable bonds is 2. The lowest BCUT2D eigenvalue weighted by atomic mass is 9.79. The first-order valence-corrected chi connectivity index (χ1v) is 5.59. The average molecular weight is 236 g/mol. The number of Topliss-reactive ketones (excluding diaryl/α,β-unsaturated/α-hetero) is 1. The Labute approximate surface area is 99.8 Å². The van der Waals surface area contributed by atoms with E-state index in [0.29, 0.717) is 24.2 Å². The van der Waals surface area contributed by atoms with Gasteiger partial charge in [0, 0.05) is 5.56 Å². The van der Waals surface area contributed by atoms with Gasteiger partial charge >= 0.3 is 0 Å². The number of phenols is 1. The first kappa shape index (κ1) is 11.9. The number of methoxy groups -OCH3 is 1. The molecule has 4 heteroatoms. The topological polar surface area (TPSA) is 66.8 Å². The molecular formula is C13H16O4. The SMILES string of the molecule is COc1ccc(O)c(C2(C)CCC(O)C2=O)c1. The van der Waals surface area contributed by atoms with Gasteiger partial charge in [-0.1, -0.05) is 0 Å². The summed E-state index contributed by atoms with van der Waals surface area (Å²) in [6.45, 7) is 1.75. The summed E-state index contributed by atoms with van der Waals surface area (Å²) in [7, 11) is 1.53. The van der Waals surface area contributed by atoms with Gasteiger partial charge in [-0.2, -0.15) is 0 Å². The van der Waals surface area contributed by atoms with Crippen LogP contribution in [-0.2, 0) is 10.2 Å². The molecule has 1 aliphatic rings. The van der Waals surface area contributed by atoms with E-state index in [2.05, 4.69) is 0 Å². The van der Waals surface area contributed by atoms with E-state index in [1.54, 1.807) is 19.1 Å². The van der Waals surface area contributed by atoms with Crippen molar-refractivity contribution in [1.29, 1.82) is 0 Å². The summed E-state index contributed by atoms with van der Waals surface area (Å²) in [5.74, 6) is 0.421. The Morgan fingerprint density at radius 3 is 2.71 bits per heavy atom. The fourth-order valence-electron chi connectivity index (χ4n) is 2.40. The van der Waals surface area contributed by atoms with Gasteiger partial charge in [-0.05, 0) is 38.0 Å². The Hall–Kier alpha value is -1.55. The van der Waals surface area contributed by atoms with Gasteiger partial charge in [-0.3, -0.25) is 4.79 Å². The minimum Gasteiger partial charge on any atom is -0.508 e. The maximum absolute atomic E-state index is 12.0. The van der Waals surface area contributed by atoms with Gasteiger partial charge in [0.15, 0.2) is 5.78 Å². The fraction of sp³-hybridized carbons (Fsp3) is 0.462. The molecule has 2 N–H and O–H groups in total. The van der Waals surface area contributed by atoms with E-state index in [4.69, 9.17) is 4.74 Å². The molecule has 2 atom stereocenters. The molecule has 1 aromatic rings. The van der Waals surface area contributed by atoms with Crippen LogP contribution in [0.4, 0.5) is 0 Å². The standard InChI is InChI=1S/C13H16O4/c1-13(6-5-11(15)12(13)16)9-7-8(17-2)3-4-10(9)14/h3-4,7,11,14-15H,5-6H2,1-2H3. The number of hydrogen-bond acceptors (Lipinski definition) is 4. The Bertz CT molecular complexity index is 455. The van der Waals surface area contributed by atoms with E-state index in [1.165, 1.54) is 13.2 Å². The lowest BCUT2D eigenvalue weighted by Crippen LogP contribution is -2.32. The highest BCUT2D eigenvalue weighted by molar-refractivity contribution is 5.95. The van der Waals surface area contributed by atoms with Gasteiger partial charge in [-0.25, -0.2) is 0 Å². The normalized spacial score (nSPS) is 28.4. The monoisotopic (exact) mass is 236 g/mol. The minimum atomic E-state index is -0.925. The Morgan fingerprint density at radius 1 is 1.47 bits per heavy atom. The quantitative estimate of drug-likeness (QED) is 0.814. The van der Waals surface area contributed by atoms with Gasteiger partial charge < -0.3 is 14.9 Å². The zero-order valence-electron chi connectivity index (χ0n) is 9.93. The van der Waals surface area contributed by atoms with Crippen molar-refractivity contribution in [2.45, 2.75) is 31.3 Å². The van der Waals surface area contributed by atoms with E-state index in [1.807, 2.05) is 0 Å². The number of phenolic OH excluding ortho intramolecular Hbond substituents is 1. The van der Waals surface area contributed by atoms with Crippen molar-refractivity contribution in [3.05, 3.63) is 23.8 Å². The third-order valence-electron chi connectivity index (χ3n) is 3.56. The number of ether oxygens (including phenoxy) is 1. The van der Waals surface area contributed by atoms with Crippen molar-refractivity contribution in [2.75, 3.05) is 7.11 Å². The van der Waals surface area contributed by atoms with Gasteiger partial charge in [0.1, 0.15) is 17.6 Å². The second-order valence-electron chi connectivity index (χ2n) is 4.63. The number of ketones is 1. The van der Waals surface area contributed by atoms with Crippen molar-refractivity contribution in [2.24, 2.45) is 0 Å². The van der Waals surface area contributed by atoms with Crippen LogP contribution in [0.3, 0.4) is 0 Å². The van der Waals surface area contributed by atoms with Crippen LogP contribution < -0.4 is 4.74 Å². The van der Waals surface area contributed by atoms with Crippen LogP contribution in [0.2, 0.25) is 0 Å². The van der Waals surface area contributed by atoms with E-state index >= 15 is 0 Å². The van der Waals surface area contributed by atoms with Gasteiger partial charge in [-0.15, -0.1) is 0 Å². The predicted octanol–water partition coefficient (Wildman–Crippen LogP) is 1.38. The second kappa shape index (κ2) is 4.04. The average Bonchev–Trinajstić information content (AvgIpc) is 2.59. The van der Waals surface area contributed by atoms with Crippen molar-refractivity contribution < 1.29 is 19.7 Å². The molecule has 0 bridgehead atoms. The van der Waals surface area contributed by atoms with Crippen LogP contribution in [0.1, 0.15) is 25.3 Å². The van der Waals surface area contributed by atoms with Crippen LogP contribution in [0.15, 0.2) is 18.2 Å². The van der Waals surface area contributed by atoms with Crippen LogP contribution in [0.25, 0.3) is 0 Å². The van der Waals surface area contributed by atoms with Crippen molar-refractivity contribution in [1.82, 2.24) is 0 Å². The number of aromatic hydroxyl groups is 1. The fourth-order valence-corrected chi connectivity index (χ4v) is 2.40. The highest BCUT2D eigenvalue weighted by Gasteiger charge is 2.46. The van der Waals surface area contributed by atoms with Crippen molar-refractivity contribution >= 4 is 5.78 Å². The summed E-state index contributed by atoms with van der Waals surface area (Å²) in [6, 6.07) is 4.81. The Kier molecular flexibility index (Phi) is 2.83. The molecule has 0 amide bonds. The van der Waals surface area contributed by atoms with Crippen LogP contribution >= 0.6 is 0 Å². The first-order chi connectivity index (χ1) is 7.99. The Balaban J connectivity index is 2.49. The number of aliphatic hydroxyl groups excluding tert-OH is 1. The molecule has 0 aliphatic heterocycles. The Morgan fingerprint density at radius 2 is 2.18 bits per heavy atom. The second-order valence-corrected chi connectivity index (χ2v) is 4.63. The molecule has 17 heavy (non-hydrogen) atoms. The van der Waals surface area contributed by atoms with Crippen LogP contribution in [0, 0.1) is 0 Å². The zero-order chi connectivity index (χ0) is 12.6. The molecule has 0 heterocycles. The van der Waals surface area contributed by atoms with E-state index in [-0.39, 0.29) is 11.5 Å². The summed E-state index contributed by atoms with van der Waals surface area (Å²) in [6.07, 6.45) is 0.0466. The summed E-state index contributed by atoms with van der Waals surface area (Å²) < 4.78 is 5.09. The maximum Gasteiger partial charge on any atom is 0.171 e. The van der Waals surface area contributed by atoms with E-state index in [9.17, 15) is 15.0 Å². The lowest BCUT2D eigenvalue weighted by molar-refractivity contribution is -0.128. The third-order valence-corrected chi connectivity index (χ3v) is 3.56. The zero-order valence-corrected chi connectivity index (χ0v) is 9.93. The number of carbonyl (C=O) groups excluding carboxylic acids is 1. The molecule has 1 aromatic carbocycles. The van der Waals surface area contributed by atoms with Gasteiger partial charge in [0.25, 0.3) is 0 Å². The maximum atomic E-state index is 12.0. The predicted molar refractivity (Wildman–Crippen MR) is 62.3 cm³/mol. The minimum absolute atomic E-state index is 0.0655. The molecule has 1 fully saturated rings. The number of benzene rings is 1. The third kappa shape index (κ3) is 1.78. The van der Waals surface area contributed by atoms with Crippen molar-refractivity contribution in [3.8, 4) is 11.5 Å². The first-order valence-electron chi connectivity index (χ1n) is 5.59. The van der Waals surface area contributed by atoms with E-state index in [0.717, 1.165) is 0 Å². The van der Waals surface area contributed by atoms with Crippen LogP contribution in [-0.4, -0.2) is 29.2 Å². The van der Waals surface area contributed by atoms with Gasteiger partial charge in [0.2, 0.25) is 0 Å². The molecular weight excluding hydrogens is 220 g/mol. The summed E-state index contributed by atoms with van der Waals surface area (Å²) in [5, 5.41) is 19.4. The molecule has 2 rings (SSSR count). The molecule has 0 aromatic heterocycles. The molecule has 92 valence electrons. The molecule has 2 unspecified atom stereocenters. The molecule has 4 nitrogen and oxygen atoms in total. The van der Waals surface area contributed by atoms with Crippen molar-refractivity contribution in [3.63, 3.8) is 0 Å². The molecule has 0 spiro atoms. The smallest absolute Gasteiger partial charge is 0.171 e. The number of hydrogen-bond donors (Lipinski definition) is 2. The largest absolute Gasteiger partial charge is 0.508 e. The number of aliphatic hydroxyl groups is 1. The summed E-state index contributed by atoms with van der Waals surface area (Å²) in [4.78, 5) is 12.0. The lowest BCUT2D eigenvalue weighted by Gasteiger charge is -2.24. The molecule has 1 aliphatic carbocycles. The van der Waals surface area contributed by atoms with Crippen LogP contribution in [0.5, 0.6) is 11.5 Å². The molecule has 0 radical (unpaired) electrons. The molecule has 0 saturated heterocycles. The van der Waals surface area contributed by atoms with E-state index < -0.39 is 11.5 Å². The van der Waals surface area contributed by atoms with Gasteiger partial charge in [0.05, 0.1) is 12.5 Å². The summed E-state index contributed by atoms with van der Waals surface area (Å²) >= 11 is 0. The number of carbonyl (C=O) groups is 1. The highest BCUT2D eigenvalue weighted by Crippen LogP contribution is 2.42. The summed E-state index contributed by atoms with van der Waals surface area (Å²) in [5.41, 5.74) is -0.295.